The molecule has 2 N–H and O–H groups in total. The number of amides is 1. The van der Waals surface area contributed by atoms with E-state index in [1.807, 2.05) is 18.2 Å². The van der Waals surface area contributed by atoms with Gasteiger partial charge in [0.2, 0.25) is 15.9 Å². The van der Waals surface area contributed by atoms with Gasteiger partial charge in [-0.25, -0.2) is 13.1 Å². The van der Waals surface area contributed by atoms with Crippen LogP contribution in [0.2, 0.25) is 0 Å². The molecule has 8 heteroatoms. The SMILES string of the molecule is O=C(CCNS(=O)(=O)c1cccnc1)NC1CCSc2ccccc21. The largest absolute Gasteiger partial charge is 0.349 e. The lowest BCUT2D eigenvalue weighted by Gasteiger charge is -2.25. The zero-order chi connectivity index (χ0) is 17.7. The number of benzene rings is 1. The Hall–Kier alpha value is -1.90. The molecular formula is C17H19N3O3S2. The van der Waals surface area contributed by atoms with Gasteiger partial charge in [-0.05, 0) is 30.2 Å². The van der Waals surface area contributed by atoms with E-state index < -0.39 is 10.0 Å². The Morgan fingerprint density at radius 2 is 2.08 bits per heavy atom. The van der Waals surface area contributed by atoms with Gasteiger partial charge in [0.15, 0.2) is 0 Å². The standard InChI is InChI=1S/C17H19N3O3S2/c21-17(7-10-19-25(22,23)13-4-3-9-18-12-13)20-15-8-11-24-16-6-2-1-5-14(15)16/h1-6,9,12,15,19H,7-8,10-11H2,(H,20,21). The van der Waals surface area contributed by atoms with Gasteiger partial charge in [-0.1, -0.05) is 18.2 Å². The summed E-state index contributed by atoms with van der Waals surface area (Å²) >= 11 is 1.79. The normalized spacial score (nSPS) is 16.9. The molecule has 1 amide bonds. The predicted octanol–water partition coefficient (Wildman–Crippen LogP) is 2.10. The molecule has 0 spiro atoms. The number of hydrogen-bond acceptors (Lipinski definition) is 5. The van der Waals surface area contributed by atoms with Crippen LogP contribution in [0.3, 0.4) is 0 Å². The predicted molar refractivity (Wildman–Crippen MR) is 96.7 cm³/mol. The molecule has 0 bridgehead atoms. The molecule has 2 aromatic rings. The van der Waals surface area contributed by atoms with Gasteiger partial charge in [-0.2, -0.15) is 0 Å². The summed E-state index contributed by atoms with van der Waals surface area (Å²) in [6.07, 6.45) is 3.74. The summed E-state index contributed by atoms with van der Waals surface area (Å²) < 4.78 is 26.6. The second-order valence-electron chi connectivity index (χ2n) is 5.63. The minimum absolute atomic E-state index is 0.0140. The summed E-state index contributed by atoms with van der Waals surface area (Å²) in [7, 11) is -3.63. The number of pyridine rings is 1. The lowest BCUT2D eigenvalue weighted by Crippen LogP contribution is -2.34. The molecule has 0 fully saturated rings. The summed E-state index contributed by atoms with van der Waals surface area (Å²) in [5.41, 5.74) is 1.13. The van der Waals surface area contributed by atoms with E-state index in [1.54, 1.807) is 17.8 Å². The average molecular weight is 377 g/mol. The van der Waals surface area contributed by atoms with Crippen molar-refractivity contribution in [2.45, 2.75) is 28.7 Å². The van der Waals surface area contributed by atoms with Gasteiger partial charge in [0.1, 0.15) is 4.90 Å². The number of nitrogens with zero attached hydrogens (tertiary/aromatic N) is 1. The van der Waals surface area contributed by atoms with Crippen molar-refractivity contribution in [3.8, 4) is 0 Å². The number of hydrogen-bond donors (Lipinski definition) is 2. The van der Waals surface area contributed by atoms with Gasteiger partial charge in [-0.3, -0.25) is 9.78 Å². The van der Waals surface area contributed by atoms with Crippen molar-refractivity contribution in [1.29, 1.82) is 0 Å². The van der Waals surface area contributed by atoms with E-state index in [0.717, 1.165) is 17.7 Å². The summed E-state index contributed by atoms with van der Waals surface area (Å²) in [5.74, 6) is 0.788. The number of aromatic nitrogens is 1. The third kappa shape index (κ3) is 4.59. The van der Waals surface area contributed by atoms with Crippen molar-refractivity contribution in [2.24, 2.45) is 0 Å². The molecule has 0 saturated heterocycles. The summed E-state index contributed by atoms with van der Waals surface area (Å²) in [5, 5.41) is 3.00. The maximum Gasteiger partial charge on any atom is 0.242 e. The minimum Gasteiger partial charge on any atom is -0.349 e. The van der Waals surface area contributed by atoms with Gasteiger partial charge >= 0.3 is 0 Å². The lowest BCUT2D eigenvalue weighted by molar-refractivity contribution is -0.121. The van der Waals surface area contributed by atoms with E-state index in [-0.39, 0.29) is 29.8 Å². The molecular weight excluding hydrogens is 358 g/mol. The average Bonchev–Trinajstić information content (AvgIpc) is 2.63. The number of rotatable bonds is 6. The van der Waals surface area contributed by atoms with E-state index in [0.29, 0.717) is 0 Å². The van der Waals surface area contributed by atoms with Crippen LogP contribution in [0.15, 0.2) is 58.6 Å². The third-order valence-corrected chi connectivity index (χ3v) is 6.45. The maximum absolute atomic E-state index is 12.2. The summed E-state index contributed by atoms with van der Waals surface area (Å²) in [6.45, 7) is 0.0478. The van der Waals surface area contributed by atoms with Crippen LogP contribution in [-0.4, -0.2) is 31.6 Å². The minimum atomic E-state index is -3.63. The Morgan fingerprint density at radius 1 is 1.24 bits per heavy atom. The van der Waals surface area contributed by atoms with Crippen LogP contribution in [0, 0.1) is 0 Å². The van der Waals surface area contributed by atoms with Crippen LogP contribution in [0.1, 0.15) is 24.4 Å². The number of carbonyl (C=O) groups is 1. The molecule has 6 nitrogen and oxygen atoms in total. The number of sulfonamides is 1. The smallest absolute Gasteiger partial charge is 0.242 e. The molecule has 1 aliphatic heterocycles. The Bertz CT molecular complexity index is 841. The van der Waals surface area contributed by atoms with E-state index in [9.17, 15) is 13.2 Å². The topological polar surface area (TPSA) is 88.2 Å². The van der Waals surface area contributed by atoms with Gasteiger partial charge in [0.05, 0.1) is 6.04 Å². The van der Waals surface area contributed by atoms with Crippen molar-refractivity contribution in [3.63, 3.8) is 0 Å². The van der Waals surface area contributed by atoms with Crippen LogP contribution < -0.4 is 10.0 Å². The molecule has 3 rings (SSSR count). The second kappa shape index (κ2) is 7.99. The van der Waals surface area contributed by atoms with Crippen molar-refractivity contribution in [2.75, 3.05) is 12.3 Å². The Labute approximate surface area is 151 Å². The highest BCUT2D eigenvalue weighted by atomic mass is 32.2. The van der Waals surface area contributed by atoms with Crippen LogP contribution in [0.5, 0.6) is 0 Å². The highest BCUT2D eigenvalue weighted by Crippen LogP contribution is 2.35. The Balaban J connectivity index is 1.53. The Morgan fingerprint density at radius 3 is 2.88 bits per heavy atom. The van der Waals surface area contributed by atoms with Crippen molar-refractivity contribution in [1.82, 2.24) is 15.0 Å². The van der Waals surface area contributed by atoms with Crippen molar-refractivity contribution < 1.29 is 13.2 Å². The highest BCUT2D eigenvalue weighted by molar-refractivity contribution is 7.99. The molecule has 0 saturated carbocycles. The number of nitrogens with one attached hydrogen (secondary N) is 2. The van der Waals surface area contributed by atoms with Gasteiger partial charge in [0.25, 0.3) is 0 Å². The van der Waals surface area contributed by atoms with Crippen LogP contribution in [0.4, 0.5) is 0 Å². The fourth-order valence-corrected chi connectivity index (χ4v) is 4.77. The Kier molecular flexibility index (Phi) is 5.72. The molecule has 1 aromatic carbocycles. The zero-order valence-electron chi connectivity index (χ0n) is 13.5. The molecule has 25 heavy (non-hydrogen) atoms. The quantitative estimate of drug-likeness (QED) is 0.805. The number of fused-ring (bicyclic) bond motifs is 1. The lowest BCUT2D eigenvalue weighted by atomic mass is 10.0. The molecule has 1 unspecified atom stereocenters. The second-order valence-corrected chi connectivity index (χ2v) is 8.54. The summed E-state index contributed by atoms with van der Waals surface area (Å²) in [4.78, 5) is 17.3. The maximum atomic E-state index is 12.2. The van der Waals surface area contributed by atoms with E-state index >= 15 is 0 Å². The van der Waals surface area contributed by atoms with E-state index in [2.05, 4.69) is 21.1 Å². The molecule has 1 aromatic heterocycles. The molecule has 1 atom stereocenters. The van der Waals surface area contributed by atoms with Crippen LogP contribution in [-0.2, 0) is 14.8 Å². The van der Waals surface area contributed by atoms with E-state index in [4.69, 9.17) is 0 Å². The fourth-order valence-electron chi connectivity index (χ4n) is 2.65. The number of thioether (sulfide) groups is 1. The molecule has 1 aliphatic rings. The fraction of sp³-hybridized carbons (Fsp3) is 0.294. The highest BCUT2D eigenvalue weighted by Gasteiger charge is 2.22. The third-order valence-electron chi connectivity index (χ3n) is 3.88. The van der Waals surface area contributed by atoms with Gasteiger partial charge in [-0.15, -0.1) is 11.8 Å². The van der Waals surface area contributed by atoms with Crippen molar-refractivity contribution >= 4 is 27.7 Å². The molecule has 132 valence electrons. The van der Waals surface area contributed by atoms with Crippen molar-refractivity contribution in [3.05, 3.63) is 54.4 Å². The first-order chi connectivity index (χ1) is 12.1. The number of carbonyl (C=O) groups excluding carboxylic acids is 1. The molecule has 2 heterocycles. The first kappa shape index (κ1) is 17.9. The first-order valence-electron chi connectivity index (χ1n) is 7.97. The zero-order valence-corrected chi connectivity index (χ0v) is 15.1. The van der Waals surface area contributed by atoms with E-state index in [1.165, 1.54) is 23.4 Å². The molecule has 0 aliphatic carbocycles. The molecule has 0 radical (unpaired) electrons. The van der Waals surface area contributed by atoms with Gasteiger partial charge < -0.3 is 5.32 Å². The van der Waals surface area contributed by atoms with Crippen LogP contribution >= 0.6 is 11.8 Å². The van der Waals surface area contributed by atoms with Crippen LogP contribution in [0.25, 0.3) is 0 Å². The van der Waals surface area contributed by atoms with Gasteiger partial charge in [0, 0.05) is 36.0 Å². The summed E-state index contributed by atoms with van der Waals surface area (Å²) in [6, 6.07) is 11.0. The monoisotopic (exact) mass is 377 g/mol. The first-order valence-corrected chi connectivity index (χ1v) is 10.4.